The fourth-order valence-corrected chi connectivity index (χ4v) is 1.37. The van der Waals surface area contributed by atoms with E-state index in [2.05, 4.69) is 4.98 Å². The molecule has 0 aliphatic heterocycles. The van der Waals surface area contributed by atoms with Crippen LogP contribution in [0.5, 0.6) is 0 Å². The molecule has 1 aromatic heterocycles. The van der Waals surface area contributed by atoms with Gasteiger partial charge in [0, 0.05) is 0 Å². The van der Waals surface area contributed by atoms with E-state index in [1.165, 1.54) is 0 Å². The molecule has 1 rings (SSSR count). The summed E-state index contributed by atoms with van der Waals surface area (Å²) in [6.45, 7) is 3.66. The highest BCUT2D eigenvalue weighted by Crippen LogP contribution is 2.24. The minimum Gasteiger partial charge on any atom is -0.321 e. The maximum absolute atomic E-state index is 5.88. The third kappa shape index (κ3) is 2.09. The molecule has 4 heteroatoms. The molecule has 0 fully saturated rings. The summed E-state index contributed by atoms with van der Waals surface area (Å²) in [4.78, 5) is 4.05. The van der Waals surface area contributed by atoms with E-state index in [4.69, 9.17) is 28.9 Å². The second-order valence-electron chi connectivity index (χ2n) is 3.19. The number of halogens is 2. The number of rotatable bonds is 1. The smallest absolute Gasteiger partial charge is 0.129 e. The predicted octanol–water partition coefficient (Wildman–Crippen LogP) is 2.58. The molecule has 0 radical (unpaired) electrons. The van der Waals surface area contributed by atoms with E-state index in [9.17, 15) is 0 Å². The zero-order chi connectivity index (χ0) is 9.35. The molecular weight excluding hydrogens is 195 g/mol. The Morgan fingerprint density at radius 2 is 1.92 bits per heavy atom. The van der Waals surface area contributed by atoms with Crippen LogP contribution in [0.15, 0.2) is 12.1 Å². The minimum absolute atomic E-state index is 0.410. The van der Waals surface area contributed by atoms with Gasteiger partial charge in [0.15, 0.2) is 0 Å². The van der Waals surface area contributed by atoms with Gasteiger partial charge in [-0.3, -0.25) is 0 Å². The molecule has 0 saturated heterocycles. The Morgan fingerprint density at radius 1 is 1.33 bits per heavy atom. The van der Waals surface area contributed by atoms with Crippen LogP contribution in [0.3, 0.4) is 0 Å². The summed E-state index contributed by atoms with van der Waals surface area (Å²) < 4.78 is 0. The van der Waals surface area contributed by atoms with Crippen LogP contribution in [0.1, 0.15) is 19.5 Å². The third-order valence-corrected chi connectivity index (χ3v) is 1.94. The predicted molar refractivity (Wildman–Crippen MR) is 51.5 cm³/mol. The lowest BCUT2D eigenvalue weighted by molar-refractivity contribution is 0.535. The summed E-state index contributed by atoms with van der Waals surface area (Å²) in [5, 5.41) is 0.958. The van der Waals surface area contributed by atoms with E-state index in [0.717, 1.165) is 0 Å². The van der Waals surface area contributed by atoms with Crippen LogP contribution in [0.25, 0.3) is 0 Å². The Bertz CT molecular complexity index is 292. The van der Waals surface area contributed by atoms with Gasteiger partial charge in [0.05, 0.1) is 16.3 Å². The first kappa shape index (κ1) is 9.78. The topological polar surface area (TPSA) is 38.9 Å². The Hall–Kier alpha value is -0.310. The Morgan fingerprint density at radius 3 is 2.33 bits per heavy atom. The van der Waals surface area contributed by atoms with Crippen molar-refractivity contribution < 1.29 is 0 Å². The highest BCUT2D eigenvalue weighted by molar-refractivity contribution is 6.32. The second-order valence-corrected chi connectivity index (χ2v) is 3.98. The average molecular weight is 205 g/mol. The van der Waals surface area contributed by atoms with E-state index in [1.807, 2.05) is 13.8 Å². The van der Waals surface area contributed by atoms with Crippen LogP contribution in [0.4, 0.5) is 0 Å². The van der Waals surface area contributed by atoms with Gasteiger partial charge >= 0.3 is 0 Å². The van der Waals surface area contributed by atoms with Crippen LogP contribution >= 0.6 is 23.2 Å². The van der Waals surface area contributed by atoms with E-state index in [0.29, 0.717) is 15.9 Å². The summed E-state index contributed by atoms with van der Waals surface area (Å²) in [6.07, 6.45) is 0. The molecule has 0 spiro atoms. The van der Waals surface area contributed by atoms with Crippen molar-refractivity contribution in [1.82, 2.24) is 4.98 Å². The van der Waals surface area contributed by atoms with Gasteiger partial charge in [0.25, 0.3) is 0 Å². The molecule has 1 aromatic rings. The van der Waals surface area contributed by atoms with Gasteiger partial charge in [-0.1, -0.05) is 23.2 Å². The largest absolute Gasteiger partial charge is 0.321 e. The van der Waals surface area contributed by atoms with E-state index in [-0.39, 0.29) is 0 Å². The molecule has 0 aliphatic carbocycles. The molecule has 0 saturated carbocycles. The van der Waals surface area contributed by atoms with E-state index >= 15 is 0 Å². The normalized spacial score (nSPS) is 11.8. The molecule has 0 amide bonds. The van der Waals surface area contributed by atoms with Crippen LogP contribution in [-0.2, 0) is 5.54 Å². The minimum atomic E-state index is -0.554. The zero-order valence-corrected chi connectivity index (χ0v) is 8.45. The van der Waals surface area contributed by atoms with Gasteiger partial charge in [0.1, 0.15) is 5.15 Å². The van der Waals surface area contributed by atoms with Crippen LogP contribution < -0.4 is 5.73 Å². The molecule has 0 unspecified atom stereocenters. The number of pyridine rings is 1. The Labute approximate surface area is 81.7 Å². The highest BCUT2D eigenvalue weighted by atomic mass is 35.5. The van der Waals surface area contributed by atoms with Crippen molar-refractivity contribution in [3.8, 4) is 0 Å². The molecule has 0 bridgehead atoms. The van der Waals surface area contributed by atoms with Crippen LogP contribution in [0.2, 0.25) is 10.2 Å². The van der Waals surface area contributed by atoms with Crippen molar-refractivity contribution in [2.75, 3.05) is 0 Å². The number of hydrogen-bond acceptors (Lipinski definition) is 2. The average Bonchev–Trinajstić information content (AvgIpc) is 1.92. The van der Waals surface area contributed by atoms with Gasteiger partial charge in [-0.15, -0.1) is 0 Å². The molecule has 0 aliphatic rings. The van der Waals surface area contributed by atoms with Gasteiger partial charge < -0.3 is 5.73 Å². The molecule has 66 valence electrons. The standard InChI is InChI=1S/C8H10Cl2N2/c1-8(2,11)7-5(9)3-4-6(10)12-7/h3-4H,11H2,1-2H3. The lowest BCUT2D eigenvalue weighted by Crippen LogP contribution is -2.30. The second kappa shape index (κ2) is 3.21. The first-order valence-electron chi connectivity index (χ1n) is 3.52. The maximum Gasteiger partial charge on any atom is 0.129 e. The molecule has 0 atom stereocenters. The molecule has 2 nitrogen and oxygen atoms in total. The fourth-order valence-electron chi connectivity index (χ4n) is 0.870. The van der Waals surface area contributed by atoms with Crippen LogP contribution in [-0.4, -0.2) is 4.98 Å². The van der Waals surface area contributed by atoms with E-state index < -0.39 is 5.54 Å². The summed E-state index contributed by atoms with van der Waals surface area (Å²) in [7, 11) is 0. The van der Waals surface area contributed by atoms with Gasteiger partial charge in [-0.05, 0) is 26.0 Å². The van der Waals surface area contributed by atoms with Crippen molar-refractivity contribution in [3.05, 3.63) is 28.0 Å². The van der Waals surface area contributed by atoms with E-state index in [1.54, 1.807) is 12.1 Å². The monoisotopic (exact) mass is 204 g/mol. The first-order chi connectivity index (χ1) is 5.41. The lowest BCUT2D eigenvalue weighted by atomic mass is 10.0. The van der Waals surface area contributed by atoms with Crippen molar-refractivity contribution in [2.45, 2.75) is 19.4 Å². The summed E-state index contributed by atoms with van der Waals surface area (Å²) in [5.41, 5.74) is 5.89. The van der Waals surface area contributed by atoms with Crippen LogP contribution in [0, 0.1) is 0 Å². The highest BCUT2D eigenvalue weighted by Gasteiger charge is 2.19. The zero-order valence-electron chi connectivity index (χ0n) is 6.94. The maximum atomic E-state index is 5.88. The first-order valence-corrected chi connectivity index (χ1v) is 4.28. The van der Waals surface area contributed by atoms with Gasteiger partial charge in [0.2, 0.25) is 0 Å². The Kier molecular flexibility index (Phi) is 2.61. The molecule has 1 heterocycles. The van der Waals surface area contributed by atoms with Gasteiger partial charge in [-0.2, -0.15) is 0 Å². The molecule has 12 heavy (non-hydrogen) atoms. The summed E-state index contributed by atoms with van der Waals surface area (Å²) in [6, 6.07) is 3.33. The fraction of sp³-hybridized carbons (Fsp3) is 0.375. The summed E-state index contributed by atoms with van der Waals surface area (Å²) >= 11 is 11.6. The summed E-state index contributed by atoms with van der Waals surface area (Å²) in [5.74, 6) is 0. The number of aromatic nitrogens is 1. The van der Waals surface area contributed by atoms with Crippen molar-refractivity contribution in [1.29, 1.82) is 0 Å². The molecular formula is C8H10Cl2N2. The quantitative estimate of drug-likeness (QED) is 0.715. The lowest BCUT2D eigenvalue weighted by Gasteiger charge is -2.18. The SMILES string of the molecule is CC(C)(N)c1nc(Cl)ccc1Cl. The number of hydrogen-bond donors (Lipinski definition) is 1. The van der Waals surface area contributed by atoms with Crippen molar-refractivity contribution in [2.24, 2.45) is 5.73 Å². The van der Waals surface area contributed by atoms with Crippen molar-refractivity contribution >= 4 is 23.2 Å². The third-order valence-electron chi connectivity index (χ3n) is 1.42. The molecule has 0 aromatic carbocycles. The molecule has 2 N–H and O–H groups in total. The number of nitrogens with two attached hydrogens (primary N) is 1. The van der Waals surface area contributed by atoms with Crippen molar-refractivity contribution in [3.63, 3.8) is 0 Å². The Balaban J connectivity index is 3.23. The van der Waals surface area contributed by atoms with Gasteiger partial charge in [-0.25, -0.2) is 4.98 Å². The number of nitrogens with zero attached hydrogens (tertiary/aromatic N) is 1.